The van der Waals surface area contributed by atoms with Crippen molar-refractivity contribution in [3.63, 3.8) is 0 Å². The number of hydrogen-bond acceptors (Lipinski definition) is 3. The molecule has 4 nitrogen and oxygen atoms in total. The van der Waals surface area contributed by atoms with Crippen LogP contribution in [0.1, 0.15) is 10.5 Å². The summed E-state index contributed by atoms with van der Waals surface area (Å²) in [7, 11) is 1.92. The van der Waals surface area contributed by atoms with Crippen molar-refractivity contribution in [2.75, 3.05) is 37.6 Å². The summed E-state index contributed by atoms with van der Waals surface area (Å²) in [5, 5.41) is 0. The minimum Gasteiger partial charge on any atom is -0.369 e. The van der Waals surface area contributed by atoms with Gasteiger partial charge in [0, 0.05) is 45.1 Å². The van der Waals surface area contributed by atoms with Crippen molar-refractivity contribution >= 4 is 11.5 Å². The predicted molar refractivity (Wildman–Crippen MR) is 84.8 cm³/mol. The molecule has 21 heavy (non-hydrogen) atoms. The first-order valence-corrected chi connectivity index (χ1v) is 7.41. The molecule has 3 rings (SSSR count). The number of hydrogen-bond donors (Lipinski definition) is 0. The molecule has 0 spiro atoms. The molecule has 0 radical (unpaired) electrons. The van der Waals surface area contributed by atoms with Crippen LogP contribution in [0, 0.1) is 0 Å². The molecule has 0 bridgehead atoms. The fraction of sp³-hybridized carbons (Fsp3) is 0.353. The molecule has 0 N–H and O–H groups in total. The van der Waals surface area contributed by atoms with Gasteiger partial charge in [-0.05, 0) is 24.3 Å². The third-order valence-corrected chi connectivity index (χ3v) is 4.09. The Balaban J connectivity index is 1.55. The quantitative estimate of drug-likeness (QED) is 0.804. The van der Waals surface area contributed by atoms with Gasteiger partial charge in [0.05, 0.1) is 12.2 Å². The van der Waals surface area contributed by atoms with Crippen LogP contribution >= 0.6 is 0 Å². The molecule has 1 saturated heterocycles. The van der Waals surface area contributed by atoms with Crippen molar-refractivity contribution in [2.45, 2.75) is 0 Å². The summed E-state index contributed by atoms with van der Waals surface area (Å²) in [5.41, 5.74) is 2.06. The largest absolute Gasteiger partial charge is 0.369 e. The third-order valence-electron chi connectivity index (χ3n) is 4.09. The first-order valence-electron chi connectivity index (χ1n) is 7.41. The zero-order valence-corrected chi connectivity index (χ0v) is 12.4. The molecule has 1 aromatic carbocycles. The number of ketones is 1. The minimum atomic E-state index is 0.204. The minimum absolute atomic E-state index is 0.204. The summed E-state index contributed by atoms with van der Waals surface area (Å²) >= 11 is 0. The van der Waals surface area contributed by atoms with E-state index in [4.69, 9.17) is 0 Å². The van der Waals surface area contributed by atoms with Gasteiger partial charge in [0.25, 0.3) is 0 Å². The normalized spacial score (nSPS) is 16.1. The van der Waals surface area contributed by atoms with Crippen molar-refractivity contribution in [1.82, 2.24) is 9.47 Å². The number of Topliss-reactive ketones (excluding diaryl/α,β-unsaturated/α-hetero) is 1. The number of piperazine rings is 1. The van der Waals surface area contributed by atoms with Crippen LogP contribution < -0.4 is 4.90 Å². The fourth-order valence-corrected chi connectivity index (χ4v) is 2.84. The van der Waals surface area contributed by atoms with Gasteiger partial charge >= 0.3 is 0 Å². The number of carbonyl (C=O) groups is 1. The van der Waals surface area contributed by atoms with Crippen LogP contribution in [-0.4, -0.2) is 48.0 Å². The number of anilines is 1. The van der Waals surface area contributed by atoms with Crippen LogP contribution in [0.5, 0.6) is 0 Å². The van der Waals surface area contributed by atoms with Gasteiger partial charge in [-0.3, -0.25) is 9.69 Å². The molecule has 1 aromatic heterocycles. The van der Waals surface area contributed by atoms with Crippen molar-refractivity contribution < 1.29 is 4.79 Å². The number of aryl methyl sites for hydroxylation is 1. The highest BCUT2D eigenvalue weighted by atomic mass is 16.1. The molecule has 0 aliphatic carbocycles. The standard InChI is InChI=1S/C17H21N3O/c1-18-9-5-8-16(18)17(21)14-19-10-12-20(13-11-19)15-6-3-2-4-7-15/h2-9H,10-14H2,1H3. The second-order valence-electron chi connectivity index (χ2n) is 5.53. The molecule has 4 heteroatoms. The lowest BCUT2D eigenvalue weighted by molar-refractivity contribution is 0.0918. The van der Waals surface area contributed by atoms with Crippen LogP contribution in [0.2, 0.25) is 0 Å². The Labute approximate surface area is 125 Å². The molecule has 2 heterocycles. The Morgan fingerprint density at radius 2 is 1.71 bits per heavy atom. The highest BCUT2D eigenvalue weighted by molar-refractivity contribution is 5.96. The first kappa shape index (κ1) is 13.9. The van der Waals surface area contributed by atoms with E-state index in [9.17, 15) is 4.79 Å². The first-order chi connectivity index (χ1) is 10.2. The van der Waals surface area contributed by atoms with Crippen LogP contribution in [0.15, 0.2) is 48.7 Å². The predicted octanol–water partition coefficient (Wildman–Crippen LogP) is 2.03. The highest BCUT2D eigenvalue weighted by Crippen LogP contribution is 2.15. The molecular formula is C17H21N3O. The van der Waals surface area contributed by atoms with E-state index >= 15 is 0 Å². The van der Waals surface area contributed by atoms with Crippen LogP contribution in [0.3, 0.4) is 0 Å². The maximum Gasteiger partial charge on any atom is 0.193 e. The maximum absolute atomic E-state index is 12.3. The van der Waals surface area contributed by atoms with Crippen molar-refractivity contribution in [2.24, 2.45) is 7.05 Å². The molecule has 2 aromatic rings. The molecule has 1 fully saturated rings. The maximum atomic E-state index is 12.3. The van der Waals surface area contributed by atoms with Crippen LogP contribution in [-0.2, 0) is 7.05 Å². The lowest BCUT2D eigenvalue weighted by Crippen LogP contribution is -2.48. The van der Waals surface area contributed by atoms with E-state index in [-0.39, 0.29) is 5.78 Å². The highest BCUT2D eigenvalue weighted by Gasteiger charge is 2.20. The zero-order valence-electron chi connectivity index (χ0n) is 12.4. The number of nitrogens with zero attached hydrogens (tertiary/aromatic N) is 3. The second-order valence-corrected chi connectivity index (χ2v) is 5.53. The molecule has 0 saturated carbocycles. The van der Waals surface area contributed by atoms with E-state index < -0.39 is 0 Å². The Kier molecular flexibility index (Phi) is 4.06. The molecule has 0 unspecified atom stereocenters. The summed E-state index contributed by atoms with van der Waals surface area (Å²) in [5.74, 6) is 0.204. The van der Waals surface area contributed by atoms with Gasteiger partial charge in [-0.2, -0.15) is 0 Å². The lowest BCUT2D eigenvalue weighted by atomic mass is 10.2. The van der Waals surface area contributed by atoms with Gasteiger partial charge in [0.2, 0.25) is 0 Å². The summed E-state index contributed by atoms with van der Waals surface area (Å²) < 4.78 is 1.89. The lowest BCUT2D eigenvalue weighted by Gasteiger charge is -2.35. The molecule has 0 amide bonds. The molecule has 0 atom stereocenters. The summed E-state index contributed by atoms with van der Waals surface area (Å²) in [6.45, 7) is 4.34. The van der Waals surface area contributed by atoms with Gasteiger partial charge in [0.15, 0.2) is 5.78 Å². The van der Waals surface area contributed by atoms with Gasteiger partial charge < -0.3 is 9.47 Å². The Morgan fingerprint density at radius 3 is 2.33 bits per heavy atom. The van der Waals surface area contributed by atoms with Crippen molar-refractivity contribution in [1.29, 1.82) is 0 Å². The Hall–Kier alpha value is -2.07. The fourth-order valence-electron chi connectivity index (χ4n) is 2.84. The van der Waals surface area contributed by atoms with Gasteiger partial charge in [-0.15, -0.1) is 0 Å². The average molecular weight is 283 g/mol. The van der Waals surface area contributed by atoms with Gasteiger partial charge in [-0.1, -0.05) is 18.2 Å². The van der Waals surface area contributed by atoms with E-state index in [1.165, 1.54) is 5.69 Å². The number of rotatable bonds is 4. The van der Waals surface area contributed by atoms with E-state index in [1.807, 2.05) is 36.0 Å². The Bertz CT molecular complexity index is 598. The molecule has 1 aliphatic heterocycles. The van der Waals surface area contributed by atoms with Crippen molar-refractivity contribution in [3.05, 3.63) is 54.4 Å². The van der Waals surface area contributed by atoms with E-state index in [1.54, 1.807) is 0 Å². The topological polar surface area (TPSA) is 28.5 Å². The molecule has 1 aliphatic rings. The van der Waals surface area contributed by atoms with E-state index in [0.717, 1.165) is 31.9 Å². The molecule has 110 valence electrons. The van der Waals surface area contributed by atoms with Gasteiger partial charge in [-0.25, -0.2) is 0 Å². The summed E-state index contributed by atoms with van der Waals surface area (Å²) in [4.78, 5) is 16.9. The van der Waals surface area contributed by atoms with Gasteiger partial charge in [0.1, 0.15) is 0 Å². The van der Waals surface area contributed by atoms with Crippen molar-refractivity contribution in [3.8, 4) is 0 Å². The third kappa shape index (κ3) is 3.16. The number of aromatic nitrogens is 1. The van der Waals surface area contributed by atoms with E-state index in [0.29, 0.717) is 6.54 Å². The summed E-state index contributed by atoms with van der Waals surface area (Å²) in [6, 6.07) is 14.3. The number of carbonyl (C=O) groups excluding carboxylic acids is 1. The average Bonchev–Trinajstić information content (AvgIpc) is 2.95. The van der Waals surface area contributed by atoms with Crippen LogP contribution in [0.25, 0.3) is 0 Å². The molecular weight excluding hydrogens is 262 g/mol. The van der Waals surface area contributed by atoms with E-state index in [2.05, 4.69) is 34.1 Å². The second kappa shape index (κ2) is 6.14. The Morgan fingerprint density at radius 1 is 1.00 bits per heavy atom. The van der Waals surface area contributed by atoms with Crippen LogP contribution in [0.4, 0.5) is 5.69 Å². The monoisotopic (exact) mass is 283 g/mol. The number of para-hydroxylation sites is 1. The SMILES string of the molecule is Cn1cccc1C(=O)CN1CCN(c2ccccc2)CC1. The number of benzene rings is 1. The summed E-state index contributed by atoms with van der Waals surface area (Å²) in [6.07, 6.45) is 1.92. The smallest absolute Gasteiger partial charge is 0.193 e. The zero-order chi connectivity index (χ0) is 14.7.